The number of carbonyl (C=O) groups is 2. The van der Waals surface area contributed by atoms with Crippen LogP contribution in [0.1, 0.15) is 22.5 Å². The fourth-order valence-corrected chi connectivity index (χ4v) is 2.87. The number of likely N-dealkylation sites (tertiary alicyclic amines) is 1. The van der Waals surface area contributed by atoms with Crippen molar-refractivity contribution in [1.82, 2.24) is 15.5 Å². The molecule has 1 aliphatic heterocycles. The lowest BCUT2D eigenvalue weighted by molar-refractivity contribution is -0.120. The molecule has 3 rings (SSSR count). The van der Waals surface area contributed by atoms with E-state index in [1.807, 2.05) is 18.2 Å². The molecule has 6 heteroatoms. The Morgan fingerprint density at radius 1 is 1.17 bits per heavy atom. The standard InChI is InChI=1S/C18H21N3O3/c22-17(11-19-18(23)16-7-4-10-24-16)20-15-8-9-21(13-15)12-14-5-2-1-3-6-14/h1-7,10,15H,8-9,11-13H2,(H,19,23)(H,20,22). The molecule has 0 saturated carbocycles. The molecule has 1 aromatic carbocycles. The Labute approximate surface area is 140 Å². The number of hydrogen-bond donors (Lipinski definition) is 2. The molecule has 1 unspecified atom stereocenters. The maximum atomic E-state index is 12.0. The quantitative estimate of drug-likeness (QED) is 0.841. The Bertz CT molecular complexity index is 670. The van der Waals surface area contributed by atoms with Crippen LogP contribution in [0.25, 0.3) is 0 Å². The number of benzene rings is 1. The SMILES string of the molecule is O=C(CNC(=O)c1ccco1)NC1CCN(Cc2ccccc2)C1. The summed E-state index contributed by atoms with van der Waals surface area (Å²) in [6, 6.07) is 13.6. The largest absolute Gasteiger partial charge is 0.459 e. The second-order valence-corrected chi connectivity index (χ2v) is 5.93. The summed E-state index contributed by atoms with van der Waals surface area (Å²) in [5.41, 5.74) is 1.27. The molecule has 1 aliphatic rings. The molecule has 6 nitrogen and oxygen atoms in total. The number of amides is 2. The van der Waals surface area contributed by atoms with Crippen molar-refractivity contribution in [3.8, 4) is 0 Å². The second-order valence-electron chi connectivity index (χ2n) is 5.93. The van der Waals surface area contributed by atoms with Gasteiger partial charge in [-0.1, -0.05) is 30.3 Å². The fourth-order valence-electron chi connectivity index (χ4n) is 2.87. The Hall–Kier alpha value is -2.60. The van der Waals surface area contributed by atoms with E-state index in [-0.39, 0.29) is 30.2 Å². The minimum absolute atomic E-state index is 0.0469. The van der Waals surface area contributed by atoms with E-state index in [2.05, 4.69) is 27.7 Å². The smallest absolute Gasteiger partial charge is 0.287 e. The first-order chi connectivity index (χ1) is 11.7. The molecule has 2 amide bonds. The molecule has 0 spiro atoms. The predicted molar refractivity (Wildman–Crippen MR) is 89.3 cm³/mol. The highest BCUT2D eigenvalue weighted by Gasteiger charge is 2.23. The van der Waals surface area contributed by atoms with Gasteiger partial charge in [0.15, 0.2) is 5.76 Å². The fraction of sp³-hybridized carbons (Fsp3) is 0.333. The van der Waals surface area contributed by atoms with Crippen LogP contribution in [0.5, 0.6) is 0 Å². The Kier molecular flexibility index (Phi) is 5.28. The zero-order valence-corrected chi connectivity index (χ0v) is 13.4. The van der Waals surface area contributed by atoms with Gasteiger partial charge in [0.05, 0.1) is 12.8 Å². The number of nitrogens with zero attached hydrogens (tertiary/aromatic N) is 1. The summed E-state index contributed by atoms with van der Waals surface area (Å²) >= 11 is 0. The minimum Gasteiger partial charge on any atom is -0.459 e. The van der Waals surface area contributed by atoms with E-state index in [1.54, 1.807) is 12.1 Å². The zero-order chi connectivity index (χ0) is 16.8. The first kappa shape index (κ1) is 16.3. The van der Waals surface area contributed by atoms with Crippen LogP contribution in [0, 0.1) is 0 Å². The van der Waals surface area contributed by atoms with E-state index in [4.69, 9.17) is 4.42 Å². The van der Waals surface area contributed by atoms with Crippen LogP contribution in [0.3, 0.4) is 0 Å². The van der Waals surface area contributed by atoms with Gasteiger partial charge in [-0.3, -0.25) is 14.5 Å². The highest BCUT2D eigenvalue weighted by molar-refractivity contribution is 5.94. The average molecular weight is 327 g/mol. The third-order valence-electron chi connectivity index (χ3n) is 4.04. The van der Waals surface area contributed by atoms with Crippen LogP contribution < -0.4 is 10.6 Å². The van der Waals surface area contributed by atoms with Crippen LogP contribution in [-0.4, -0.2) is 42.4 Å². The number of furan rings is 1. The van der Waals surface area contributed by atoms with Gasteiger partial charge in [-0.05, 0) is 24.1 Å². The summed E-state index contributed by atoms with van der Waals surface area (Å²) in [5, 5.41) is 5.52. The van der Waals surface area contributed by atoms with Crippen molar-refractivity contribution in [1.29, 1.82) is 0 Å². The summed E-state index contributed by atoms with van der Waals surface area (Å²) in [4.78, 5) is 26.0. The van der Waals surface area contributed by atoms with E-state index in [9.17, 15) is 9.59 Å². The molecular weight excluding hydrogens is 306 g/mol. The molecule has 2 heterocycles. The lowest BCUT2D eigenvalue weighted by atomic mass is 10.2. The van der Waals surface area contributed by atoms with E-state index in [1.165, 1.54) is 11.8 Å². The molecule has 0 aliphatic carbocycles. The number of nitrogens with one attached hydrogen (secondary N) is 2. The normalized spacial score (nSPS) is 17.6. The summed E-state index contributed by atoms with van der Waals surface area (Å²) in [6.07, 6.45) is 2.35. The highest BCUT2D eigenvalue weighted by Crippen LogP contribution is 2.13. The first-order valence-corrected chi connectivity index (χ1v) is 8.08. The lowest BCUT2D eigenvalue weighted by Gasteiger charge is -2.17. The van der Waals surface area contributed by atoms with Crippen LogP contribution in [0.15, 0.2) is 53.1 Å². The monoisotopic (exact) mass is 327 g/mol. The average Bonchev–Trinajstić information content (AvgIpc) is 3.26. The summed E-state index contributed by atoms with van der Waals surface area (Å²) in [5.74, 6) is -0.355. The zero-order valence-electron chi connectivity index (χ0n) is 13.4. The van der Waals surface area contributed by atoms with Gasteiger partial charge in [0.2, 0.25) is 5.91 Å². The van der Waals surface area contributed by atoms with Crippen molar-refractivity contribution < 1.29 is 14.0 Å². The van der Waals surface area contributed by atoms with E-state index in [0.29, 0.717) is 0 Å². The summed E-state index contributed by atoms with van der Waals surface area (Å²) in [7, 11) is 0. The summed E-state index contributed by atoms with van der Waals surface area (Å²) in [6.45, 7) is 2.63. The van der Waals surface area contributed by atoms with Gasteiger partial charge in [0.25, 0.3) is 5.91 Å². The number of rotatable bonds is 6. The third-order valence-corrected chi connectivity index (χ3v) is 4.04. The maximum absolute atomic E-state index is 12.0. The van der Waals surface area contributed by atoms with Gasteiger partial charge in [-0.25, -0.2) is 0 Å². The van der Waals surface area contributed by atoms with Crippen molar-refractivity contribution in [2.24, 2.45) is 0 Å². The number of hydrogen-bond acceptors (Lipinski definition) is 4. The topological polar surface area (TPSA) is 74.6 Å². The second kappa shape index (κ2) is 7.79. The minimum atomic E-state index is -0.382. The molecule has 2 N–H and O–H groups in total. The van der Waals surface area contributed by atoms with Crippen molar-refractivity contribution in [3.05, 3.63) is 60.1 Å². The molecule has 1 aromatic heterocycles. The lowest BCUT2D eigenvalue weighted by Crippen LogP contribution is -2.43. The molecule has 1 fully saturated rings. The Morgan fingerprint density at radius 2 is 2.00 bits per heavy atom. The van der Waals surface area contributed by atoms with Crippen LogP contribution in [0.2, 0.25) is 0 Å². The molecule has 0 bridgehead atoms. The molecular formula is C18H21N3O3. The molecule has 24 heavy (non-hydrogen) atoms. The maximum Gasteiger partial charge on any atom is 0.287 e. The number of carbonyl (C=O) groups excluding carboxylic acids is 2. The highest BCUT2D eigenvalue weighted by atomic mass is 16.3. The van der Waals surface area contributed by atoms with Crippen molar-refractivity contribution in [3.63, 3.8) is 0 Å². The summed E-state index contributed by atoms with van der Waals surface area (Å²) < 4.78 is 4.98. The molecule has 2 aromatic rings. The van der Waals surface area contributed by atoms with Crippen molar-refractivity contribution in [2.75, 3.05) is 19.6 Å². The van der Waals surface area contributed by atoms with Crippen molar-refractivity contribution >= 4 is 11.8 Å². The first-order valence-electron chi connectivity index (χ1n) is 8.08. The van der Waals surface area contributed by atoms with Gasteiger partial charge < -0.3 is 15.1 Å². The predicted octanol–water partition coefficient (Wildman–Crippen LogP) is 1.40. The van der Waals surface area contributed by atoms with Gasteiger partial charge in [-0.2, -0.15) is 0 Å². The van der Waals surface area contributed by atoms with Crippen LogP contribution >= 0.6 is 0 Å². The van der Waals surface area contributed by atoms with E-state index < -0.39 is 0 Å². The van der Waals surface area contributed by atoms with Crippen molar-refractivity contribution in [2.45, 2.75) is 19.0 Å². The van der Waals surface area contributed by atoms with E-state index in [0.717, 1.165) is 26.1 Å². The molecule has 126 valence electrons. The van der Waals surface area contributed by atoms with Crippen LogP contribution in [0.4, 0.5) is 0 Å². The van der Waals surface area contributed by atoms with Crippen LogP contribution in [-0.2, 0) is 11.3 Å². The molecule has 1 saturated heterocycles. The Morgan fingerprint density at radius 3 is 2.75 bits per heavy atom. The van der Waals surface area contributed by atoms with Gasteiger partial charge in [0, 0.05) is 25.7 Å². The Balaban J connectivity index is 1.39. The van der Waals surface area contributed by atoms with Gasteiger partial charge in [0.1, 0.15) is 0 Å². The molecule has 0 radical (unpaired) electrons. The van der Waals surface area contributed by atoms with Gasteiger partial charge in [-0.15, -0.1) is 0 Å². The molecule has 1 atom stereocenters. The van der Waals surface area contributed by atoms with Gasteiger partial charge >= 0.3 is 0 Å². The van der Waals surface area contributed by atoms with E-state index >= 15 is 0 Å². The third kappa shape index (κ3) is 4.45.